The van der Waals surface area contributed by atoms with Crippen molar-refractivity contribution in [1.82, 2.24) is 0 Å². The smallest absolute Gasteiger partial charge is 0.455 e. The summed E-state index contributed by atoms with van der Waals surface area (Å²) in [5, 5.41) is 0. The molecule has 5 fully saturated rings. The van der Waals surface area contributed by atoms with Crippen molar-refractivity contribution in [3.8, 4) is 0 Å². The highest BCUT2D eigenvalue weighted by molar-refractivity contribution is 6.62. The van der Waals surface area contributed by atoms with Gasteiger partial charge in [-0.05, 0) is 108 Å². The fourth-order valence-electron chi connectivity index (χ4n) is 6.30. The standard InChI is InChI=1S/C24H33BO4/c1-22(2)23(3,4)29-25(28-22)20-8-6-17(7-9-20)21(26)27-24(5)18-11-15-10-16(13-18)14-19(24)12-15/h6-9,15-16,18-19H,10-14H2,1-5H3. The summed E-state index contributed by atoms with van der Waals surface area (Å²) in [5.74, 6) is 2.60. The summed E-state index contributed by atoms with van der Waals surface area (Å²) >= 11 is 0. The Kier molecular flexibility index (Phi) is 4.29. The molecule has 6 rings (SSSR count). The van der Waals surface area contributed by atoms with Crippen molar-refractivity contribution in [1.29, 1.82) is 0 Å². The first-order valence-corrected chi connectivity index (χ1v) is 11.3. The molecule has 0 spiro atoms. The van der Waals surface area contributed by atoms with E-state index in [0.717, 1.165) is 17.3 Å². The minimum Gasteiger partial charge on any atom is -0.455 e. The molecular weight excluding hydrogens is 363 g/mol. The molecule has 0 aromatic heterocycles. The second kappa shape index (κ2) is 6.34. The largest absolute Gasteiger partial charge is 0.494 e. The number of benzene rings is 1. The van der Waals surface area contributed by atoms with E-state index < -0.39 is 7.12 Å². The molecular formula is C24H33BO4. The van der Waals surface area contributed by atoms with Crippen molar-refractivity contribution in [3.63, 3.8) is 0 Å². The maximum Gasteiger partial charge on any atom is 0.494 e. The molecule has 1 aromatic carbocycles. The molecule has 4 aliphatic carbocycles. The molecule has 4 saturated carbocycles. The zero-order valence-electron chi connectivity index (χ0n) is 18.4. The van der Waals surface area contributed by atoms with Gasteiger partial charge in [0.15, 0.2) is 0 Å². The normalized spacial score (nSPS) is 39.0. The molecule has 4 bridgehead atoms. The maximum absolute atomic E-state index is 13.0. The van der Waals surface area contributed by atoms with Gasteiger partial charge in [-0.1, -0.05) is 12.1 Å². The Bertz CT molecular complexity index is 769. The van der Waals surface area contributed by atoms with Gasteiger partial charge in [0.25, 0.3) is 0 Å². The molecule has 156 valence electrons. The van der Waals surface area contributed by atoms with Gasteiger partial charge in [-0.3, -0.25) is 0 Å². The third-order valence-corrected chi connectivity index (χ3v) is 8.74. The lowest BCUT2D eigenvalue weighted by atomic mass is 9.50. The van der Waals surface area contributed by atoms with E-state index in [9.17, 15) is 4.79 Å². The van der Waals surface area contributed by atoms with Crippen LogP contribution < -0.4 is 5.46 Å². The highest BCUT2D eigenvalue weighted by Gasteiger charge is 2.57. The molecule has 1 aliphatic heterocycles. The van der Waals surface area contributed by atoms with E-state index in [0.29, 0.717) is 17.4 Å². The van der Waals surface area contributed by atoms with Crippen molar-refractivity contribution in [2.45, 2.75) is 83.5 Å². The third-order valence-electron chi connectivity index (χ3n) is 8.74. The van der Waals surface area contributed by atoms with Crippen LogP contribution in [-0.2, 0) is 14.0 Å². The average molecular weight is 396 g/mol. The van der Waals surface area contributed by atoms with Crippen LogP contribution in [0.25, 0.3) is 0 Å². The van der Waals surface area contributed by atoms with Crippen LogP contribution in [0.4, 0.5) is 0 Å². The number of hydrogen-bond acceptors (Lipinski definition) is 4. The third kappa shape index (κ3) is 3.08. The van der Waals surface area contributed by atoms with E-state index >= 15 is 0 Å². The van der Waals surface area contributed by atoms with Gasteiger partial charge in [0, 0.05) is 0 Å². The van der Waals surface area contributed by atoms with Gasteiger partial charge in [0.2, 0.25) is 0 Å². The molecule has 0 atom stereocenters. The first-order chi connectivity index (χ1) is 13.6. The summed E-state index contributed by atoms with van der Waals surface area (Å²) < 4.78 is 18.5. The first kappa shape index (κ1) is 19.6. The quantitative estimate of drug-likeness (QED) is 0.563. The minimum atomic E-state index is -0.410. The predicted octanol–water partition coefficient (Wildman–Crippen LogP) is 4.36. The monoisotopic (exact) mass is 396 g/mol. The second-order valence-electron chi connectivity index (χ2n) is 11.1. The van der Waals surface area contributed by atoms with E-state index in [1.807, 2.05) is 52.0 Å². The Hall–Kier alpha value is -1.33. The van der Waals surface area contributed by atoms with Crippen molar-refractivity contribution >= 4 is 18.6 Å². The lowest BCUT2D eigenvalue weighted by molar-refractivity contribution is -0.165. The molecule has 0 radical (unpaired) electrons. The van der Waals surface area contributed by atoms with Gasteiger partial charge in [0.1, 0.15) is 5.60 Å². The van der Waals surface area contributed by atoms with Gasteiger partial charge in [-0.2, -0.15) is 0 Å². The highest BCUT2D eigenvalue weighted by Crippen LogP contribution is 2.59. The first-order valence-electron chi connectivity index (χ1n) is 11.3. The number of rotatable bonds is 3. The van der Waals surface area contributed by atoms with Crippen molar-refractivity contribution in [3.05, 3.63) is 29.8 Å². The molecule has 5 aliphatic rings. The SMILES string of the molecule is CC1(OC(=O)c2ccc(B3OC(C)(C)C(C)(C)O3)cc2)C2CC3CC(C2)CC1C3. The zero-order chi connectivity index (χ0) is 20.6. The summed E-state index contributed by atoms with van der Waals surface area (Å²) in [6.45, 7) is 10.4. The molecule has 1 heterocycles. The van der Waals surface area contributed by atoms with Crippen molar-refractivity contribution in [2.75, 3.05) is 0 Å². The Morgan fingerprint density at radius 3 is 1.83 bits per heavy atom. The van der Waals surface area contributed by atoms with Crippen LogP contribution in [0.3, 0.4) is 0 Å². The van der Waals surface area contributed by atoms with E-state index in [1.165, 1.54) is 32.1 Å². The summed E-state index contributed by atoms with van der Waals surface area (Å²) in [6.07, 6.45) is 6.34. The summed E-state index contributed by atoms with van der Waals surface area (Å²) in [5.41, 5.74) is 0.503. The fourth-order valence-corrected chi connectivity index (χ4v) is 6.30. The number of esters is 1. The molecule has 1 aromatic rings. The zero-order valence-corrected chi connectivity index (χ0v) is 18.4. The van der Waals surface area contributed by atoms with E-state index in [1.54, 1.807) is 0 Å². The number of carbonyl (C=O) groups is 1. The minimum absolute atomic E-state index is 0.194. The van der Waals surface area contributed by atoms with Gasteiger partial charge < -0.3 is 14.0 Å². The number of hydrogen-bond donors (Lipinski definition) is 0. The highest BCUT2D eigenvalue weighted by atomic mass is 16.7. The molecule has 0 amide bonds. The number of ether oxygens (including phenoxy) is 1. The number of carbonyl (C=O) groups excluding carboxylic acids is 1. The summed E-state index contributed by atoms with van der Waals surface area (Å²) in [4.78, 5) is 13.0. The van der Waals surface area contributed by atoms with Crippen molar-refractivity contribution in [2.24, 2.45) is 23.7 Å². The van der Waals surface area contributed by atoms with Crippen LogP contribution in [-0.4, -0.2) is 29.9 Å². The lowest BCUT2D eigenvalue weighted by Crippen LogP contribution is -2.58. The molecule has 0 N–H and O–H groups in total. The van der Waals surface area contributed by atoms with Crippen LogP contribution in [0, 0.1) is 23.7 Å². The van der Waals surface area contributed by atoms with Gasteiger partial charge in [-0.25, -0.2) is 4.79 Å². The summed E-state index contributed by atoms with van der Waals surface area (Å²) in [7, 11) is -0.410. The van der Waals surface area contributed by atoms with E-state index in [-0.39, 0.29) is 22.8 Å². The van der Waals surface area contributed by atoms with E-state index in [2.05, 4.69) is 6.92 Å². The molecule has 1 saturated heterocycles. The van der Waals surface area contributed by atoms with Gasteiger partial charge >= 0.3 is 13.1 Å². The van der Waals surface area contributed by atoms with Gasteiger partial charge in [-0.15, -0.1) is 0 Å². The topological polar surface area (TPSA) is 44.8 Å². The fraction of sp³-hybridized carbons (Fsp3) is 0.708. The lowest BCUT2D eigenvalue weighted by Gasteiger charge is -2.59. The Balaban J connectivity index is 1.29. The molecule has 29 heavy (non-hydrogen) atoms. The summed E-state index contributed by atoms with van der Waals surface area (Å²) in [6, 6.07) is 7.56. The Labute approximate surface area is 174 Å². The van der Waals surface area contributed by atoms with Crippen LogP contribution in [0.15, 0.2) is 24.3 Å². The molecule has 5 heteroatoms. The van der Waals surface area contributed by atoms with Crippen LogP contribution in [0.2, 0.25) is 0 Å². The maximum atomic E-state index is 13.0. The van der Waals surface area contributed by atoms with Crippen LogP contribution in [0.1, 0.15) is 77.1 Å². The second-order valence-corrected chi connectivity index (χ2v) is 11.1. The molecule has 4 nitrogen and oxygen atoms in total. The molecule has 0 unspecified atom stereocenters. The average Bonchev–Trinajstić information content (AvgIpc) is 2.87. The Morgan fingerprint density at radius 2 is 1.34 bits per heavy atom. The van der Waals surface area contributed by atoms with Crippen LogP contribution >= 0.6 is 0 Å². The predicted molar refractivity (Wildman–Crippen MR) is 113 cm³/mol. The van der Waals surface area contributed by atoms with E-state index in [4.69, 9.17) is 14.0 Å². The Morgan fingerprint density at radius 1 is 0.862 bits per heavy atom. The van der Waals surface area contributed by atoms with Crippen molar-refractivity contribution < 1.29 is 18.8 Å². The van der Waals surface area contributed by atoms with Gasteiger partial charge in [0.05, 0.1) is 16.8 Å². The van der Waals surface area contributed by atoms with Crippen LogP contribution in [0.5, 0.6) is 0 Å².